The first-order valence-corrected chi connectivity index (χ1v) is 12.7. The maximum atomic E-state index is 13.2. The van der Waals surface area contributed by atoms with E-state index in [1.165, 1.54) is 0 Å². The lowest BCUT2D eigenvalue weighted by molar-refractivity contribution is -0.117. The maximum absolute atomic E-state index is 13.2. The van der Waals surface area contributed by atoms with E-state index >= 15 is 0 Å². The summed E-state index contributed by atoms with van der Waals surface area (Å²) in [5.41, 5.74) is 29.7. The Morgan fingerprint density at radius 2 is 1.81 bits per heavy atom. The zero-order chi connectivity index (χ0) is 30.6. The number of nitrogens with two attached hydrogens (primary N) is 5. The first-order valence-electron chi connectivity index (χ1n) is 12.7. The molecule has 13 N–H and O–H groups in total. The van der Waals surface area contributed by atoms with Crippen LogP contribution in [-0.2, 0) is 4.79 Å². The number of aliphatic imine (C=N–C) groups is 2. The number of nitrogens with zero attached hydrogens (tertiary/aromatic N) is 5. The minimum absolute atomic E-state index is 0.0243. The van der Waals surface area contributed by atoms with Crippen molar-refractivity contribution in [3.63, 3.8) is 0 Å². The van der Waals surface area contributed by atoms with E-state index in [0.717, 1.165) is 0 Å². The number of nitrogens with one attached hydrogen (secondary N) is 3. The summed E-state index contributed by atoms with van der Waals surface area (Å²) in [6, 6.07) is 10.1. The van der Waals surface area contributed by atoms with Gasteiger partial charge in [0.15, 0.2) is 23.5 Å². The van der Waals surface area contributed by atoms with Crippen LogP contribution in [0.25, 0.3) is 0 Å². The van der Waals surface area contributed by atoms with Gasteiger partial charge in [0, 0.05) is 25.7 Å². The molecule has 2 atom stereocenters. The summed E-state index contributed by atoms with van der Waals surface area (Å²) in [7, 11) is 3.62. The number of para-hydroxylation sites is 2. The Hall–Kier alpha value is -5.80. The number of amidine groups is 1. The average Bonchev–Trinajstić information content (AvgIpc) is 2.92. The molecule has 0 bridgehead atoms. The number of rotatable bonds is 10. The number of benzene rings is 2. The molecule has 220 valence electrons. The Kier molecular flexibility index (Phi) is 8.45. The van der Waals surface area contributed by atoms with Gasteiger partial charge < -0.3 is 53.7 Å². The first-order chi connectivity index (χ1) is 20.0. The van der Waals surface area contributed by atoms with Crippen molar-refractivity contribution in [3.8, 4) is 23.4 Å². The average molecular weight is 576 g/mol. The molecule has 0 fully saturated rings. The third kappa shape index (κ3) is 6.49. The van der Waals surface area contributed by atoms with Gasteiger partial charge in [-0.1, -0.05) is 19.1 Å². The lowest BCUT2D eigenvalue weighted by Gasteiger charge is -2.30. The van der Waals surface area contributed by atoms with E-state index in [2.05, 4.69) is 30.6 Å². The summed E-state index contributed by atoms with van der Waals surface area (Å²) in [6.45, 7) is 1.85. The van der Waals surface area contributed by atoms with Gasteiger partial charge in [0.25, 0.3) is 5.88 Å². The van der Waals surface area contributed by atoms with Crippen molar-refractivity contribution in [2.75, 3.05) is 29.6 Å². The molecule has 1 aliphatic rings. The van der Waals surface area contributed by atoms with Gasteiger partial charge in [0.1, 0.15) is 29.0 Å². The number of hydrogen-bond donors (Lipinski definition) is 8. The van der Waals surface area contributed by atoms with Crippen molar-refractivity contribution in [2.24, 2.45) is 38.7 Å². The molecule has 1 aliphatic heterocycles. The number of amides is 1. The molecule has 1 amide bonds. The van der Waals surface area contributed by atoms with Crippen LogP contribution in [0.5, 0.6) is 23.4 Å². The number of anilines is 3. The van der Waals surface area contributed by atoms with Gasteiger partial charge >= 0.3 is 6.01 Å². The highest BCUT2D eigenvalue weighted by Crippen LogP contribution is 2.40. The Morgan fingerprint density at radius 1 is 1.07 bits per heavy atom. The monoisotopic (exact) mass is 575 g/mol. The van der Waals surface area contributed by atoms with Gasteiger partial charge in [-0.05, 0) is 30.7 Å². The molecule has 2 unspecified atom stereocenters. The van der Waals surface area contributed by atoms with Gasteiger partial charge in [-0.25, -0.2) is 9.98 Å². The van der Waals surface area contributed by atoms with Gasteiger partial charge in [0.05, 0.1) is 11.7 Å². The van der Waals surface area contributed by atoms with Gasteiger partial charge in [-0.3, -0.25) is 10.2 Å². The molecular formula is C26H33N13O3. The lowest BCUT2D eigenvalue weighted by atomic mass is 10.0. The van der Waals surface area contributed by atoms with E-state index in [0.29, 0.717) is 29.1 Å². The van der Waals surface area contributed by atoms with Gasteiger partial charge in [-0.15, -0.1) is 0 Å². The molecule has 1 aromatic heterocycles. The number of guanidine groups is 2. The molecule has 4 rings (SSSR count). The van der Waals surface area contributed by atoms with Crippen molar-refractivity contribution in [2.45, 2.75) is 25.4 Å². The predicted molar refractivity (Wildman–Crippen MR) is 162 cm³/mol. The molecule has 0 radical (unpaired) electrons. The number of nitrogen functional groups attached to an aromatic ring is 1. The summed E-state index contributed by atoms with van der Waals surface area (Å²) in [5.74, 6) is -0.0421. The van der Waals surface area contributed by atoms with Crippen LogP contribution in [0.1, 0.15) is 18.9 Å². The lowest BCUT2D eigenvalue weighted by Crippen LogP contribution is -2.47. The molecule has 3 aromatic rings. The summed E-state index contributed by atoms with van der Waals surface area (Å²) in [4.78, 5) is 32.1. The molecule has 2 heterocycles. The zero-order valence-electron chi connectivity index (χ0n) is 23.3. The highest BCUT2D eigenvalue weighted by molar-refractivity contribution is 6.04. The third-order valence-corrected chi connectivity index (χ3v) is 6.07. The second-order valence-corrected chi connectivity index (χ2v) is 9.37. The second-order valence-electron chi connectivity index (χ2n) is 9.37. The molecule has 0 saturated heterocycles. The fraction of sp³-hybridized carbons (Fsp3) is 0.231. The normalized spacial score (nSPS) is 14.4. The minimum Gasteiger partial charge on any atom is -0.437 e. The van der Waals surface area contributed by atoms with Crippen LogP contribution in [-0.4, -0.2) is 59.8 Å². The minimum atomic E-state index is -0.857. The number of ether oxygens (including phenoxy) is 2. The first kappa shape index (κ1) is 29.2. The zero-order valence-corrected chi connectivity index (χ0v) is 23.3. The molecule has 16 heteroatoms. The van der Waals surface area contributed by atoms with Crippen molar-refractivity contribution >= 4 is 46.5 Å². The van der Waals surface area contributed by atoms with Crippen molar-refractivity contribution in [1.29, 1.82) is 5.41 Å². The molecule has 2 aromatic carbocycles. The molecule has 0 spiro atoms. The molecule has 42 heavy (non-hydrogen) atoms. The standard InChI is InChI=1S/C26H33N13O3/c1-4-14(33-24(29)30)18-22(40)36-19-21(35-18)37-26(42-17-8-6-5-7-15(17)34-25(31)32)38-23(19)41-12-9-10-13(20(27)28)16(11-12)39(2)3/h5-11,14,18H,4H2,1-3H3,(H3,27,28)(H,36,40)(H4,29,30,33)(H4,31,32,34)(H,35,37,38). The topological polar surface area (TPSA) is 267 Å². The SMILES string of the molecule is CCC(N=C(N)N)C1Nc2nc(Oc3ccccc3N=C(N)N)nc(Oc3ccc(C(=N)N)c(N(C)C)c3)c2NC1=O. The van der Waals surface area contributed by atoms with E-state index in [1.54, 1.807) is 47.4 Å². The number of fused-ring (bicyclic) bond motifs is 1. The largest absolute Gasteiger partial charge is 0.437 e. The summed E-state index contributed by atoms with van der Waals surface area (Å²) in [5, 5.41) is 13.8. The number of carbonyl (C=O) groups is 1. The molecule has 0 saturated carbocycles. The van der Waals surface area contributed by atoms with Crippen molar-refractivity contribution in [3.05, 3.63) is 48.0 Å². The van der Waals surface area contributed by atoms with Crippen LogP contribution in [0.2, 0.25) is 0 Å². The molecule has 16 nitrogen and oxygen atoms in total. The van der Waals surface area contributed by atoms with Crippen molar-refractivity contribution < 1.29 is 14.3 Å². The maximum Gasteiger partial charge on any atom is 0.327 e. The van der Waals surface area contributed by atoms with E-state index < -0.39 is 18.0 Å². The number of hydrogen-bond acceptors (Lipinski definition) is 10. The van der Waals surface area contributed by atoms with Crippen LogP contribution in [0, 0.1) is 5.41 Å². The summed E-state index contributed by atoms with van der Waals surface area (Å²) in [6.07, 6.45) is 0.456. The number of aromatic nitrogens is 2. The van der Waals surface area contributed by atoms with Crippen LogP contribution in [0.15, 0.2) is 52.4 Å². The Morgan fingerprint density at radius 3 is 2.45 bits per heavy atom. The van der Waals surface area contributed by atoms with E-state index in [9.17, 15) is 4.79 Å². The Bertz CT molecular complexity index is 1560. The van der Waals surface area contributed by atoms with Gasteiger partial charge in [-0.2, -0.15) is 9.97 Å². The van der Waals surface area contributed by atoms with E-state index in [1.807, 2.05) is 21.0 Å². The predicted octanol–water partition coefficient (Wildman–Crippen LogP) is 1.10. The van der Waals surface area contributed by atoms with Crippen molar-refractivity contribution in [1.82, 2.24) is 9.97 Å². The quantitative estimate of drug-likeness (QED) is 0.125. The molecular weight excluding hydrogens is 542 g/mol. The van der Waals surface area contributed by atoms with Crippen LogP contribution < -0.4 is 53.7 Å². The fourth-order valence-corrected chi connectivity index (χ4v) is 4.19. The summed E-state index contributed by atoms with van der Waals surface area (Å²) < 4.78 is 12.1. The van der Waals surface area contributed by atoms with E-state index in [-0.39, 0.29) is 46.9 Å². The third-order valence-electron chi connectivity index (χ3n) is 6.07. The van der Waals surface area contributed by atoms with Gasteiger partial charge in [0.2, 0.25) is 5.91 Å². The van der Waals surface area contributed by atoms with Crippen LogP contribution in [0.3, 0.4) is 0 Å². The fourth-order valence-electron chi connectivity index (χ4n) is 4.19. The van der Waals surface area contributed by atoms with E-state index in [4.69, 9.17) is 43.6 Å². The Labute approximate surface area is 241 Å². The van der Waals surface area contributed by atoms with Crippen LogP contribution in [0.4, 0.5) is 22.9 Å². The molecule has 0 aliphatic carbocycles. The Balaban J connectivity index is 1.81. The highest BCUT2D eigenvalue weighted by atomic mass is 16.5. The number of carbonyl (C=O) groups excluding carboxylic acids is 1. The second kappa shape index (κ2) is 12.2. The summed E-state index contributed by atoms with van der Waals surface area (Å²) >= 11 is 0. The smallest absolute Gasteiger partial charge is 0.327 e. The highest BCUT2D eigenvalue weighted by Gasteiger charge is 2.35. The van der Waals surface area contributed by atoms with Crippen LogP contribution >= 0.6 is 0 Å².